The Bertz CT molecular complexity index is 407. The molecule has 6 nitrogen and oxygen atoms in total. The van der Waals surface area contributed by atoms with E-state index in [1.54, 1.807) is 9.34 Å². The highest BCUT2D eigenvalue weighted by molar-refractivity contribution is 7.91. The molecule has 0 aliphatic carbocycles. The van der Waals surface area contributed by atoms with Crippen molar-refractivity contribution < 1.29 is 17.0 Å². The van der Waals surface area contributed by atoms with E-state index in [2.05, 4.69) is 0 Å². The SMILES string of the molecule is CCS(=O)(=O)OP(=O)(N1CCCC1)N1CCCC1. The van der Waals surface area contributed by atoms with Gasteiger partial charge in [0.2, 0.25) is 0 Å². The van der Waals surface area contributed by atoms with Crippen molar-refractivity contribution in [2.45, 2.75) is 32.6 Å². The molecule has 2 fully saturated rings. The summed E-state index contributed by atoms with van der Waals surface area (Å²) in [4.78, 5) is 0. The summed E-state index contributed by atoms with van der Waals surface area (Å²) < 4.78 is 45.0. The smallest absolute Gasteiger partial charge is 0.254 e. The van der Waals surface area contributed by atoms with Gasteiger partial charge in [-0.05, 0) is 32.6 Å². The maximum absolute atomic E-state index is 13.0. The molecule has 0 saturated carbocycles. The van der Waals surface area contributed by atoms with Crippen molar-refractivity contribution in [3.8, 4) is 0 Å². The van der Waals surface area contributed by atoms with E-state index >= 15 is 0 Å². The summed E-state index contributed by atoms with van der Waals surface area (Å²) in [5, 5.41) is 0. The second-order valence-electron chi connectivity index (χ2n) is 4.73. The molecule has 0 aromatic rings. The van der Waals surface area contributed by atoms with Gasteiger partial charge in [-0.2, -0.15) is 12.4 Å². The predicted molar refractivity (Wildman–Crippen MR) is 69.8 cm³/mol. The maximum atomic E-state index is 13.0. The van der Waals surface area contributed by atoms with Gasteiger partial charge in [0.1, 0.15) is 0 Å². The molecule has 106 valence electrons. The van der Waals surface area contributed by atoms with Crippen LogP contribution >= 0.6 is 7.67 Å². The average molecular weight is 296 g/mol. The maximum Gasteiger partial charge on any atom is 0.360 e. The molecule has 18 heavy (non-hydrogen) atoms. The molecular formula is C10H21N2O4PS. The first kappa shape index (κ1) is 14.5. The van der Waals surface area contributed by atoms with Crippen molar-refractivity contribution in [3.63, 3.8) is 0 Å². The summed E-state index contributed by atoms with van der Waals surface area (Å²) in [6.45, 7) is 4.15. The van der Waals surface area contributed by atoms with Crippen molar-refractivity contribution >= 4 is 17.8 Å². The predicted octanol–water partition coefficient (Wildman–Crippen LogP) is 1.65. The molecule has 8 heteroatoms. The van der Waals surface area contributed by atoms with Crippen LogP contribution in [-0.4, -0.2) is 49.7 Å². The average Bonchev–Trinajstić information content (AvgIpc) is 3.02. The van der Waals surface area contributed by atoms with Gasteiger partial charge < -0.3 is 0 Å². The molecule has 0 amide bonds. The monoisotopic (exact) mass is 296 g/mol. The summed E-state index contributed by atoms with van der Waals surface area (Å²) in [5.41, 5.74) is 0. The van der Waals surface area contributed by atoms with Crippen molar-refractivity contribution in [1.82, 2.24) is 9.34 Å². The zero-order valence-electron chi connectivity index (χ0n) is 10.7. The summed E-state index contributed by atoms with van der Waals surface area (Å²) >= 11 is 0. The van der Waals surface area contributed by atoms with Crippen LogP contribution in [-0.2, 0) is 18.7 Å². The minimum Gasteiger partial charge on any atom is -0.254 e. The van der Waals surface area contributed by atoms with E-state index in [0.717, 1.165) is 25.7 Å². The molecule has 0 aromatic carbocycles. The number of nitrogens with zero attached hydrogens (tertiary/aromatic N) is 2. The summed E-state index contributed by atoms with van der Waals surface area (Å²) in [6, 6.07) is 0. The standard InChI is InChI=1S/C10H21N2O4PS/c1-2-18(14,15)16-17(13,11-7-3-4-8-11)12-9-5-6-10-12/h2-10H2,1H3. The molecule has 0 aromatic heterocycles. The minimum absolute atomic E-state index is 0.140. The van der Waals surface area contributed by atoms with Crippen molar-refractivity contribution in [2.24, 2.45) is 0 Å². The topological polar surface area (TPSA) is 66.9 Å². The zero-order valence-corrected chi connectivity index (χ0v) is 12.5. The van der Waals surface area contributed by atoms with Crippen LogP contribution in [0.5, 0.6) is 0 Å². The molecule has 2 aliphatic rings. The minimum atomic E-state index is -3.70. The van der Waals surface area contributed by atoms with E-state index in [1.807, 2.05) is 0 Å². The van der Waals surface area contributed by atoms with Crippen molar-refractivity contribution in [3.05, 3.63) is 0 Å². The van der Waals surface area contributed by atoms with Gasteiger partial charge in [0.25, 0.3) is 10.1 Å². The molecular weight excluding hydrogens is 275 g/mol. The first-order valence-corrected chi connectivity index (χ1v) is 9.63. The lowest BCUT2D eigenvalue weighted by atomic mass is 10.4. The van der Waals surface area contributed by atoms with E-state index in [1.165, 1.54) is 6.92 Å². The molecule has 0 atom stereocenters. The first-order chi connectivity index (χ1) is 8.48. The lowest BCUT2D eigenvalue weighted by Gasteiger charge is -2.32. The summed E-state index contributed by atoms with van der Waals surface area (Å²) in [6.07, 6.45) is 3.81. The van der Waals surface area contributed by atoms with Crippen LogP contribution in [0.1, 0.15) is 32.6 Å². The second-order valence-corrected chi connectivity index (χ2v) is 9.13. The number of hydrogen-bond acceptors (Lipinski definition) is 4. The van der Waals surface area contributed by atoms with Gasteiger partial charge in [0, 0.05) is 26.2 Å². The Labute approximate surface area is 109 Å². The highest BCUT2D eigenvalue weighted by Crippen LogP contribution is 2.58. The molecule has 0 spiro atoms. The van der Waals surface area contributed by atoms with Gasteiger partial charge in [-0.3, -0.25) is 4.57 Å². The van der Waals surface area contributed by atoms with Crippen LogP contribution in [0.3, 0.4) is 0 Å². The molecule has 2 rings (SSSR count). The molecule has 0 unspecified atom stereocenters. The Morgan fingerprint density at radius 1 is 1.00 bits per heavy atom. The fraction of sp³-hybridized carbons (Fsp3) is 1.00. The molecule has 0 radical (unpaired) electrons. The lowest BCUT2D eigenvalue weighted by Crippen LogP contribution is -2.31. The van der Waals surface area contributed by atoms with Crippen LogP contribution in [0, 0.1) is 0 Å². The number of hydrogen-bond donors (Lipinski definition) is 0. The van der Waals surface area contributed by atoms with E-state index in [9.17, 15) is 13.0 Å². The molecule has 0 bridgehead atoms. The summed E-state index contributed by atoms with van der Waals surface area (Å²) in [7, 11) is -7.07. The van der Waals surface area contributed by atoms with E-state index < -0.39 is 17.8 Å². The lowest BCUT2D eigenvalue weighted by molar-refractivity contribution is 0.316. The third-order valence-corrected chi connectivity index (χ3v) is 8.07. The molecule has 2 aliphatic heterocycles. The molecule has 2 saturated heterocycles. The van der Waals surface area contributed by atoms with Gasteiger partial charge in [-0.15, -0.1) is 0 Å². The van der Waals surface area contributed by atoms with Gasteiger partial charge in [-0.25, -0.2) is 9.34 Å². The Kier molecular flexibility index (Phi) is 4.49. The third kappa shape index (κ3) is 2.96. The Hall–Kier alpha value is 0.0600. The Balaban J connectivity index is 2.24. The van der Waals surface area contributed by atoms with Crippen LogP contribution in [0.15, 0.2) is 0 Å². The van der Waals surface area contributed by atoms with Crippen molar-refractivity contribution in [2.75, 3.05) is 31.9 Å². The van der Waals surface area contributed by atoms with Crippen LogP contribution in [0.25, 0.3) is 0 Å². The zero-order chi connectivity index (χ0) is 13.2. The van der Waals surface area contributed by atoms with Crippen LogP contribution < -0.4 is 0 Å². The van der Waals surface area contributed by atoms with Crippen LogP contribution in [0.4, 0.5) is 0 Å². The second kappa shape index (κ2) is 5.59. The van der Waals surface area contributed by atoms with E-state index in [4.69, 9.17) is 3.97 Å². The summed E-state index contributed by atoms with van der Waals surface area (Å²) in [5.74, 6) is -0.140. The normalized spacial score (nSPS) is 23.8. The van der Waals surface area contributed by atoms with Crippen LogP contribution in [0.2, 0.25) is 0 Å². The highest BCUT2D eigenvalue weighted by Gasteiger charge is 2.44. The van der Waals surface area contributed by atoms with Crippen molar-refractivity contribution in [1.29, 1.82) is 0 Å². The number of rotatable bonds is 5. The quantitative estimate of drug-likeness (QED) is 0.719. The molecule has 0 N–H and O–H groups in total. The van der Waals surface area contributed by atoms with Gasteiger partial charge >= 0.3 is 7.67 Å². The van der Waals surface area contributed by atoms with Gasteiger partial charge in [0.05, 0.1) is 5.75 Å². The molecule has 2 heterocycles. The fourth-order valence-electron chi connectivity index (χ4n) is 2.38. The van der Waals surface area contributed by atoms with Gasteiger partial charge in [0.15, 0.2) is 0 Å². The van der Waals surface area contributed by atoms with E-state index in [0.29, 0.717) is 26.2 Å². The Morgan fingerprint density at radius 3 is 1.72 bits per heavy atom. The highest BCUT2D eigenvalue weighted by atomic mass is 32.2. The fourth-order valence-corrected chi connectivity index (χ4v) is 6.67. The van der Waals surface area contributed by atoms with Gasteiger partial charge in [-0.1, -0.05) is 0 Å². The third-order valence-electron chi connectivity index (χ3n) is 3.44. The first-order valence-electron chi connectivity index (χ1n) is 6.53. The Morgan fingerprint density at radius 2 is 1.39 bits per heavy atom. The van der Waals surface area contributed by atoms with E-state index in [-0.39, 0.29) is 5.75 Å². The largest absolute Gasteiger partial charge is 0.360 e.